The van der Waals surface area contributed by atoms with Crippen LogP contribution in [-0.4, -0.2) is 9.55 Å². The minimum Gasteiger partial charge on any atom is -0.327 e. The van der Waals surface area contributed by atoms with E-state index in [9.17, 15) is 0 Å². The fraction of sp³-hybridized carbons (Fsp3) is 0.0238. The number of rotatable bonds is 2. The van der Waals surface area contributed by atoms with Crippen LogP contribution in [-0.2, 0) is 7.05 Å². The van der Waals surface area contributed by atoms with Crippen LogP contribution in [0.15, 0.2) is 140 Å². The number of hydrogen-bond acceptors (Lipinski definition) is 1. The van der Waals surface area contributed by atoms with Gasteiger partial charge in [-0.2, -0.15) is 0 Å². The largest absolute Gasteiger partial charge is 0.327 e. The summed E-state index contributed by atoms with van der Waals surface area (Å²) >= 11 is 0. The third kappa shape index (κ3) is 3.17. The van der Waals surface area contributed by atoms with Gasteiger partial charge in [0.15, 0.2) is 0 Å². The van der Waals surface area contributed by atoms with Gasteiger partial charge in [-0.25, -0.2) is 4.98 Å². The molecule has 0 atom stereocenters. The summed E-state index contributed by atoms with van der Waals surface area (Å²) in [6, 6.07) is 51.4. The second-order valence-electron chi connectivity index (χ2n) is 12.0. The highest BCUT2D eigenvalue weighted by molar-refractivity contribution is 6.37. The van der Waals surface area contributed by atoms with Gasteiger partial charge >= 0.3 is 0 Å². The van der Waals surface area contributed by atoms with Crippen molar-refractivity contribution in [2.45, 2.75) is 0 Å². The second-order valence-corrected chi connectivity index (χ2v) is 12.0. The molecule has 1 aromatic heterocycles. The topological polar surface area (TPSA) is 17.8 Å². The molecule has 0 aliphatic rings. The van der Waals surface area contributed by atoms with Crippen molar-refractivity contribution in [3.8, 4) is 22.5 Å². The Labute approximate surface area is 253 Å². The number of hydrogen-bond donors (Lipinski definition) is 0. The van der Waals surface area contributed by atoms with Crippen LogP contribution in [0.3, 0.4) is 0 Å². The van der Waals surface area contributed by atoms with Gasteiger partial charge in [0.05, 0.1) is 11.0 Å². The Morgan fingerprint density at radius 1 is 0.409 bits per heavy atom. The molecule has 0 aliphatic heterocycles. The second kappa shape index (κ2) is 8.65. The average Bonchev–Trinajstić information content (AvgIpc) is 3.42. The smallest absolute Gasteiger partial charge is 0.140 e. The molecule has 2 heteroatoms. The van der Waals surface area contributed by atoms with Crippen LogP contribution in [0.1, 0.15) is 0 Å². The Hall–Kier alpha value is -5.73. The van der Waals surface area contributed by atoms with E-state index < -0.39 is 0 Å². The fourth-order valence-electron chi connectivity index (χ4n) is 7.69. The lowest BCUT2D eigenvalue weighted by Gasteiger charge is -2.17. The van der Waals surface area contributed by atoms with Crippen molar-refractivity contribution in [2.75, 3.05) is 0 Å². The molecule has 0 bridgehead atoms. The van der Waals surface area contributed by atoms with Gasteiger partial charge in [-0.3, -0.25) is 0 Å². The molecular formula is C42H26N2. The van der Waals surface area contributed by atoms with E-state index in [0.29, 0.717) is 0 Å². The third-order valence-electron chi connectivity index (χ3n) is 9.67. The first-order chi connectivity index (χ1) is 21.7. The molecule has 0 saturated heterocycles. The van der Waals surface area contributed by atoms with Gasteiger partial charge in [0.2, 0.25) is 0 Å². The predicted molar refractivity (Wildman–Crippen MR) is 188 cm³/mol. The van der Waals surface area contributed by atoms with E-state index in [0.717, 1.165) is 22.4 Å². The van der Waals surface area contributed by atoms with Crippen LogP contribution < -0.4 is 0 Å². The summed E-state index contributed by atoms with van der Waals surface area (Å²) in [7, 11) is 2.10. The standard InChI is InChI=1S/C42H26N2/c1-44-37-17-3-2-16-36(37)43-42(44)30-12-4-11-28(22-30)31-23-29-21-20-27-9-6-14-33-32-13-5-8-25-18-19-26-10-7-15-34(40(26)38(25)32)35(24-31)41(29)39(27)33/h2-24H,1H3. The lowest BCUT2D eigenvalue weighted by atomic mass is 9.86. The summed E-state index contributed by atoms with van der Waals surface area (Å²) in [6.45, 7) is 0. The van der Waals surface area contributed by atoms with Crippen LogP contribution >= 0.6 is 0 Å². The molecule has 204 valence electrons. The van der Waals surface area contributed by atoms with E-state index in [1.54, 1.807) is 0 Å². The number of aromatic nitrogens is 2. The van der Waals surface area contributed by atoms with Gasteiger partial charge in [0.25, 0.3) is 0 Å². The minimum absolute atomic E-state index is 0.979. The predicted octanol–water partition coefficient (Wildman–Crippen LogP) is 11.3. The van der Waals surface area contributed by atoms with Crippen molar-refractivity contribution in [1.29, 1.82) is 0 Å². The highest BCUT2D eigenvalue weighted by Gasteiger charge is 2.17. The number of imidazole rings is 1. The maximum atomic E-state index is 5.00. The average molecular weight is 559 g/mol. The summed E-state index contributed by atoms with van der Waals surface area (Å²) < 4.78 is 2.19. The molecule has 0 fully saturated rings. The Kier molecular flexibility index (Phi) is 4.68. The van der Waals surface area contributed by atoms with Crippen molar-refractivity contribution in [3.05, 3.63) is 140 Å². The van der Waals surface area contributed by atoms with Crippen molar-refractivity contribution < 1.29 is 0 Å². The first kappa shape index (κ1) is 23.8. The zero-order chi connectivity index (χ0) is 28.9. The third-order valence-corrected chi connectivity index (χ3v) is 9.67. The highest BCUT2D eigenvalue weighted by Crippen LogP contribution is 2.44. The number of nitrogens with zero attached hydrogens (tertiary/aromatic N) is 2. The van der Waals surface area contributed by atoms with E-state index >= 15 is 0 Å². The summed E-state index contributed by atoms with van der Waals surface area (Å²) in [5, 5.41) is 15.6. The first-order valence-corrected chi connectivity index (χ1v) is 15.2. The molecule has 10 rings (SSSR count). The lowest BCUT2D eigenvalue weighted by molar-refractivity contribution is 0.959. The minimum atomic E-state index is 0.979. The summed E-state index contributed by atoms with van der Waals surface area (Å²) in [5.74, 6) is 0.979. The van der Waals surface area contributed by atoms with Crippen molar-refractivity contribution in [3.63, 3.8) is 0 Å². The monoisotopic (exact) mass is 558 g/mol. The normalized spacial score (nSPS) is 12.2. The molecule has 0 aliphatic carbocycles. The molecule has 0 unspecified atom stereocenters. The van der Waals surface area contributed by atoms with Crippen LogP contribution in [0.25, 0.3) is 98.2 Å². The van der Waals surface area contributed by atoms with E-state index in [4.69, 9.17) is 4.98 Å². The Morgan fingerprint density at radius 2 is 0.955 bits per heavy atom. The number of aryl methyl sites for hydroxylation is 1. The van der Waals surface area contributed by atoms with Gasteiger partial charge in [-0.05, 0) is 106 Å². The molecule has 44 heavy (non-hydrogen) atoms. The van der Waals surface area contributed by atoms with Crippen molar-refractivity contribution in [2.24, 2.45) is 7.05 Å². The first-order valence-electron chi connectivity index (χ1n) is 15.2. The molecule has 0 N–H and O–H groups in total. The Bertz CT molecular complexity index is 2780. The molecule has 0 radical (unpaired) electrons. The van der Waals surface area contributed by atoms with Gasteiger partial charge in [-0.1, -0.05) is 109 Å². The molecule has 10 aromatic rings. The quantitative estimate of drug-likeness (QED) is 0.193. The van der Waals surface area contributed by atoms with Gasteiger partial charge < -0.3 is 4.57 Å². The van der Waals surface area contributed by atoms with Gasteiger partial charge in [0, 0.05) is 12.6 Å². The van der Waals surface area contributed by atoms with E-state index in [1.807, 2.05) is 0 Å². The van der Waals surface area contributed by atoms with E-state index in [-0.39, 0.29) is 0 Å². The fourth-order valence-corrected chi connectivity index (χ4v) is 7.69. The molecule has 0 saturated carbocycles. The lowest BCUT2D eigenvalue weighted by Crippen LogP contribution is -1.93. The van der Waals surface area contributed by atoms with Crippen LogP contribution in [0, 0.1) is 0 Å². The molecule has 0 amide bonds. The van der Waals surface area contributed by atoms with E-state index in [1.165, 1.54) is 75.8 Å². The maximum Gasteiger partial charge on any atom is 0.140 e. The maximum absolute atomic E-state index is 5.00. The summed E-state index contributed by atoms with van der Waals surface area (Å²) in [4.78, 5) is 5.00. The highest BCUT2D eigenvalue weighted by atomic mass is 15.1. The molecule has 2 nitrogen and oxygen atoms in total. The molecule has 9 aromatic carbocycles. The molecule has 0 spiro atoms. The van der Waals surface area contributed by atoms with Gasteiger partial charge in [-0.15, -0.1) is 0 Å². The zero-order valence-corrected chi connectivity index (χ0v) is 24.2. The molecular weight excluding hydrogens is 532 g/mol. The molecule has 1 heterocycles. The Morgan fingerprint density at radius 3 is 1.61 bits per heavy atom. The van der Waals surface area contributed by atoms with E-state index in [2.05, 4.69) is 151 Å². The summed E-state index contributed by atoms with van der Waals surface area (Å²) in [5.41, 5.74) is 5.67. The Balaban J connectivity index is 1.36. The van der Waals surface area contributed by atoms with Crippen molar-refractivity contribution >= 4 is 75.7 Å². The SMILES string of the molecule is Cn1c(-c2cccc(-c3cc4ccc5cccc6c7cccc8ccc9cccc(c(c3)c4c56)c9c87)c2)nc2ccccc21. The number of fused-ring (bicyclic) bond motifs is 3. The zero-order valence-electron chi connectivity index (χ0n) is 24.2. The van der Waals surface area contributed by atoms with Crippen LogP contribution in [0.5, 0.6) is 0 Å². The summed E-state index contributed by atoms with van der Waals surface area (Å²) in [6.07, 6.45) is 0. The van der Waals surface area contributed by atoms with Crippen LogP contribution in [0.4, 0.5) is 0 Å². The number of para-hydroxylation sites is 2. The number of benzene rings is 8. The van der Waals surface area contributed by atoms with Crippen LogP contribution in [0.2, 0.25) is 0 Å². The van der Waals surface area contributed by atoms with Gasteiger partial charge in [0.1, 0.15) is 5.82 Å². The van der Waals surface area contributed by atoms with Crippen molar-refractivity contribution in [1.82, 2.24) is 9.55 Å².